The summed E-state index contributed by atoms with van der Waals surface area (Å²) in [4.78, 5) is 35.1. The van der Waals surface area contributed by atoms with Crippen LogP contribution in [-0.2, 0) is 16.1 Å². The van der Waals surface area contributed by atoms with Gasteiger partial charge in [0.2, 0.25) is 0 Å². The topological polar surface area (TPSA) is 137 Å². The van der Waals surface area contributed by atoms with Crippen LogP contribution in [-0.4, -0.2) is 29.2 Å². The van der Waals surface area contributed by atoms with E-state index in [1.165, 1.54) is 0 Å². The minimum absolute atomic E-state index is 0.252. The summed E-state index contributed by atoms with van der Waals surface area (Å²) in [5.41, 5.74) is 6.06. The number of aromatic nitrogens is 1. The Kier molecular flexibility index (Phi) is 6.31. The van der Waals surface area contributed by atoms with Crippen molar-refractivity contribution in [3.8, 4) is 0 Å². The number of nitrogens with one attached hydrogen (secondary N) is 2. The first-order valence-corrected chi connectivity index (χ1v) is 7.96. The van der Waals surface area contributed by atoms with E-state index in [0.717, 1.165) is 5.56 Å². The first-order chi connectivity index (χ1) is 12.4. The van der Waals surface area contributed by atoms with Gasteiger partial charge in [-0.15, -0.1) is 0 Å². The van der Waals surface area contributed by atoms with Crippen LogP contribution in [0, 0.1) is 6.92 Å². The van der Waals surface area contributed by atoms with Crippen molar-refractivity contribution in [2.24, 2.45) is 5.73 Å². The predicted octanol–water partition coefficient (Wildman–Crippen LogP) is 1.73. The van der Waals surface area contributed by atoms with Crippen LogP contribution in [0.2, 0.25) is 0 Å². The zero-order valence-electron chi connectivity index (χ0n) is 14.4. The van der Waals surface area contributed by atoms with Gasteiger partial charge >= 0.3 is 12.0 Å². The largest absolute Gasteiger partial charge is 0.449 e. The third-order valence-corrected chi connectivity index (χ3v) is 3.45. The molecule has 1 heterocycles. The number of esters is 1. The molecule has 1 aromatic carbocycles. The number of nitrogens with two attached hydrogens (primary N) is 1. The minimum Gasteiger partial charge on any atom is -0.449 e. The highest BCUT2D eigenvalue weighted by Crippen LogP contribution is 2.12. The van der Waals surface area contributed by atoms with Gasteiger partial charge in [0.05, 0.1) is 5.56 Å². The number of urea groups is 1. The predicted molar refractivity (Wildman–Crippen MR) is 92.2 cm³/mol. The number of nitrogens with zero attached hydrogens (tertiary/aromatic N) is 1. The van der Waals surface area contributed by atoms with E-state index in [4.69, 9.17) is 15.0 Å². The van der Waals surface area contributed by atoms with Crippen molar-refractivity contribution in [2.45, 2.75) is 32.9 Å². The van der Waals surface area contributed by atoms with Crippen molar-refractivity contribution in [2.75, 3.05) is 5.32 Å². The molecule has 0 spiro atoms. The lowest BCUT2D eigenvalue weighted by atomic mass is 10.1. The lowest BCUT2D eigenvalue weighted by Gasteiger charge is -2.15. The van der Waals surface area contributed by atoms with Gasteiger partial charge in [0.15, 0.2) is 11.9 Å². The van der Waals surface area contributed by atoms with Crippen LogP contribution >= 0.6 is 0 Å². The van der Waals surface area contributed by atoms with E-state index in [-0.39, 0.29) is 17.9 Å². The van der Waals surface area contributed by atoms with Gasteiger partial charge in [-0.2, -0.15) is 0 Å². The Bertz CT molecular complexity index is 785. The number of hydrogen-bond acceptors (Lipinski definition) is 6. The Morgan fingerprint density at radius 2 is 1.96 bits per heavy atom. The van der Waals surface area contributed by atoms with Gasteiger partial charge in [-0.1, -0.05) is 24.2 Å². The Morgan fingerprint density at radius 1 is 1.27 bits per heavy atom. The molecule has 4 N–H and O–H groups in total. The maximum Gasteiger partial charge on any atom is 0.338 e. The number of ether oxygens (including phenoxy) is 1. The Balaban J connectivity index is 1.95. The molecule has 9 nitrogen and oxygen atoms in total. The minimum atomic E-state index is -0.962. The fourth-order valence-corrected chi connectivity index (χ4v) is 2.10. The molecule has 0 radical (unpaired) electrons. The Labute approximate surface area is 149 Å². The number of rotatable bonds is 7. The molecular formula is C17H20N4O5. The zero-order valence-corrected chi connectivity index (χ0v) is 14.4. The molecule has 26 heavy (non-hydrogen) atoms. The van der Waals surface area contributed by atoms with Crippen LogP contribution in [0.25, 0.3) is 0 Å². The number of carbonyl (C=O) groups is 3. The molecule has 0 aliphatic rings. The average Bonchev–Trinajstić information content (AvgIpc) is 3.02. The van der Waals surface area contributed by atoms with Crippen LogP contribution in [0.3, 0.4) is 0 Å². The van der Waals surface area contributed by atoms with Gasteiger partial charge in [0, 0.05) is 12.6 Å². The average molecular weight is 360 g/mol. The molecule has 9 heteroatoms. The van der Waals surface area contributed by atoms with Crippen molar-refractivity contribution < 1.29 is 23.6 Å². The summed E-state index contributed by atoms with van der Waals surface area (Å²) in [6.45, 7) is 3.68. The van der Waals surface area contributed by atoms with Crippen molar-refractivity contribution >= 4 is 23.7 Å². The van der Waals surface area contributed by atoms with Crippen LogP contribution < -0.4 is 16.4 Å². The van der Waals surface area contributed by atoms with Gasteiger partial charge in [-0.25, -0.2) is 9.59 Å². The van der Waals surface area contributed by atoms with Gasteiger partial charge in [-0.3, -0.25) is 4.79 Å². The van der Waals surface area contributed by atoms with Crippen molar-refractivity contribution in [3.63, 3.8) is 0 Å². The van der Waals surface area contributed by atoms with E-state index < -0.39 is 24.0 Å². The molecule has 0 saturated carbocycles. The molecule has 0 saturated heterocycles. The van der Waals surface area contributed by atoms with E-state index in [2.05, 4.69) is 15.8 Å². The van der Waals surface area contributed by atoms with E-state index >= 15 is 0 Å². The highest BCUT2D eigenvalue weighted by molar-refractivity contribution is 5.97. The van der Waals surface area contributed by atoms with Crippen molar-refractivity contribution in [1.29, 1.82) is 0 Å². The lowest BCUT2D eigenvalue weighted by Crippen LogP contribution is -2.32. The first kappa shape index (κ1) is 19.0. The quantitative estimate of drug-likeness (QED) is 0.643. The van der Waals surface area contributed by atoms with Gasteiger partial charge in [0.25, 0.3) is 5.91 Å². The molecule has 0 bridgehead atoms. The molecule has 1 aromatic heterocycles. The van der Waals surface area contributed by atoms with Crippen LogP contribution in [0.4, 0.5) is 10.6 Å². The third-order valence-electron chi connectivity index (χ3n) is 3.45. The van der Waals surface area contributed by atoms with E-state index in [1.54, 1.807) is 44.2 Å². The first-order valence-electron chi connectivity index (χ1n) is 7.96. The molecular weight excluding hydrogens is 340 g/mol. The number of primary amides is 1. The molecule has 2 aromatic rings. The summed E-state index contributed by atoms with van der Waals surface area (Å²) >= 11 is 0. The number of carbonyl (C=O) groups excluding carboxylic acids is 3. The Hall–Kier alpha value is -3.36. The van der Waals surface area contributed by atoms with Crippen LogP contribution in [0.5, 0.6) is 0 Å². The second-order valence-corrected chi connectivity index (χ2v) is 5.53. The van der Waals surface area contributed by atoms with Gasteiger partial charge in [-0.05, 0) is 31.0 Å². The van der Waals surface area contributed by atoms with Gasteiger partial charge in [0.1, 0.15) is 5.76 Å². The molecule has 0 fully saturated rings. The molecule has 138 valence electrons. The second kappa shape index (κ2) is 8.65. The smallest absolute Gasteiger partial charge is 0.338 e. The number of amides is 3. The fourth-order valence-electron chi connectivity index (χ4n) is 2.10. The number of benzene rings is 1. The maximum absolute atomic E-state index is 12.2. The SMILES string of the molecule is CCC(OC(=O)c1ccc(CNC(N)=O)cc1)C(=O)Nc1cc(C)on1. The van der Waals surface area contributed by atoms with Crippen molar-refractivity contribution in [1.82, 2.24) is 10.5 Å². The van der Waals surface area contributed by atoms with Gasteiger partial charge < -0.3 is 25.6 Å². The second-order valence-electron chi connectivity index (χ2n) is 5.53. The standard InChI is InChI=1S/C17H20N4O5/c1-3-13(15(22)20-14-8-10(2)26-21-14)25-16(23)12-6-4-11(5-7-12)9-19-17(18)24/h4-8,13H,3,9H2,1-2H3,(H3,18,19,24)(H,20,21,22). The molecule has 1 atom stereocenters. The summed E-state index contributed by atoms with van der Waals surface area (Å²) in [6.07, 6.45) is -0.662. The Morgan fingerprint density at radius 3 is 2.50 bits per heavy atom. The maximum atomic E-state index is 12.2. The summed E-state index contributed by atoms with van der Waals surface area (Å²) in [5, 5.41) is 8.64. The monoisotopic (exact) mass is 360 g/mol. The molecule has 0 aliphatic carbocycles. The summed E-state index contributed by atoms with van der Waals surface area (Å²) in [7, 11) is 0. The summed E-state index contributed by atoms with van der Waals surface area (Å²) in [6, 6.07) is 7.34. The number of anilines is 1. The van der Waals surface area contributed by atoms with E-state index in [0.29, 0.717) is 12.2 Å². The van der Waals surface area contributed by atoms with Crippen molar-refractivity contribution in [3.05, 3.63) is 47.2 Å². The molecule has 2 rings (SSSR count). The highest BCUT2D eigenvalue weighted by Gasteiger charge is 2.23. The van der Waals surface area contributed by atoms with Crippen LogP contribution in [0.15, 0.2) is 34.9 Å². The number of hydrogen-bond donors (Lipinski definition) is 3. The molecule has 0 aliphatic heterocycles. The lowest BCUT2D eigenvalue weighted by molar-refractivity contribution is -0.124. The third kappa shape index (κ3) is 5.33. The zero-order chi connectivity index (χ0) is 19.1. The molecule has 3 amide bonds. The summed E-state index contributed by atoms with van der Waals surface area (Å²) < 4.78 is 10.1. The van der Waals surface area contributed by atoms with Crippen LogP contribution in [0.1, 0.15) is 35.0 Å². The fraction of sp³-hybridized carbons (Fsp3) is 0.294. The summed E-state index contributed by atoms with van der Waals surface area (Å²) in [5.74, 6) is -0.307. The van der Waals surface area contributed by atoms with E-state index in [9.17, 15) is 14.4 Å². The van der Waals surface area contributed by atoms with E-state index in [1.807, 2.05) is 0 Å². The number of aryl methyl sites for hydroxylation is 1. The molecule has 1 unspecified atom stereocenters. The highest BCUT2D eigenvalue weighted by atomic mass is 16.5. The normalized spacial score (nSPS) is 11.5.